The zero-order valence-electron chi connectivity index (χ0n) is 71.1. The Morgan fingerprint density at radius 3 is 0.836 bits per heavy atom. The Morgan fingerprint density at radius 1 is 0.238 bits per heavy atom. The lowest BCUT2D eigenvalue weighted by Gasteiger charge is -2.30. The first kappa shape index (κ1) is 74.1. The second-order valence-electron chi connectivity index (χ2n) is 35.3. The van der Waals surface area contributed by atoms with Gasteiger partial charge in [-0.05, 0) is 239 Å². The van der Waals surface area contributed by atoms with Gasteiger partial charge in [0.2, 0.25) is 0 Å². The summed E-state index contributed by atoms with van der Waals surface area (Å²) in [6.45, 7) is 25.1. The van der Waals surface area contributed by atoms with Crippen molar-refractivity contribution >= 4 is 188 Å². The van der Waals surface area contributed by atoms with E-state index in [1.807, 2.05) is 0 Å². The maximum absolute atomic E-state index is 2.61. The minimum atomic E-state index is 0.197. The van der Waals surface area contributed by atoms with Crippen molar-refractivity contribution in [1.29, 1.82) is 0 Å². The van der Waals surface area contributed by atoms with Gasteiger partial charge in [0.25, 0.3) is 0 Å². The molecule has 590 valence electrons. The quantitative estimate of drug-likeness (QED) is 0.0853. The highest BCUT2D eigenvalue weighted by molar-refractivity contribution is 6.36. The van der Waals surface area contributed by atoms with Crippen molar-refractivity contribution in [1.82, 2.24) is 8.80 Å². The molecule has 0 radical (unpaired) electrons. The number of rotatable bonds is 18. The molecule has 22 rings (SSSR count). The van der Waals surface area contributed by atoms with Gasteiger partial charge in [-0.1, -0.05) is 285 Å². The molecule has 6 heteroatoms. The average molecular weight is 1570 g/mol. The summed E-state index contributed by atoms with van der Waals surface area (Å²) >= 11 is 0. The van der Waals surface area contributed by atoms with E-state index in [2.05, 4.69) is 450 Å². The summed E-state index contributed by atoms with van der Waals surface area (Å²) in [5.74, 6) is 1.39. The number of anilines is 12. The Kier molecular flexibility index (Phi) is 17.7. The van der Waals surface area contributed by atoms with Crippen LogP contribution in [0.5, 0.6) is 0 Å². The molecule has 4 aromatic heterocycles. The zero-order valence-corrected chi connectivity index (χ0v) is 71.1. The van der Waals surface area contributed by atoms with Crippen molar-refractivity contribution in [3.05, 3.63) is 396 Å². The predicted octanol–water partition coefficient (Wildman–Crippen LogP) is 33.4. The molecule has 1 unspecified atom stereocenters. The summed E-state index contributed by atoms with van der Waals surface area (Å²) in [5, 5.41) is 19.4. The summed E-state index contributed by atoms with van der Waals surface area (Å²) in [7, 11) is 0. The molecule has 0 saturated heterocycles. The number of hydrogen-bond acceptors (Lipinski definition) is 4. The summed E-state index contributed by atoms with van der Waals surface area (Å²) in [5.41, 5.74) is 32.3. The van der Waals surface area contributed by atoms with Crippen LogP contribution in [0.1, 0.15) is 122 Å². The molecule has 0 N–H and O–H groups in total. The highest BCUT2D eigenvalue weighted by Gasteiger charge is 2.33. The van der Waals surface area contributed by atoms with E-state index < -0.39 is 0 Å². The van der Waals surface area contributed by atoms with E-state index in [0.717, 1.165) is 46.2 Å². The first-order valence-corrected chi connectivity index (χ1v) is 43.6. The monoisotopic (exact) mass is 1570 g/mol. The van der Waals surface area contributed by atoms with Gasteiger partial charge >= 0.3 is 0 Å². The van der Waals surface area contributed by atoms with Gasteiger partial charge in [-0.2, -0.15) is 0 Å². The molecule has 1 atom stereocenters. The molecule has 0 spiro atoms. The summed E-state index contributed by atoms with van der Waals surface area (Å²) in [6.07, 6.45) is 0.857. The maximum atomic E-state index is 2.61. The summed E-state index contributed by atoms with van der Waals surface area (Å²) in [6, 6.07) is 132. The van der Waals surface area contributed by atoms with E-state index in [1.165, 1.54) is 198 Å². The Balaban J connectivity index is 0.668. The number of aromatic nitrogens is 2. The third-order valence-electron chi connectivity index (χ3n) is 26.6. The minimum absolute atomic E-state index is 0.197. The van der Waals surface area contributed by atoms with Crippen molar-refractivity contribution in [2.24, 2.45) is 0 Å². The molecule has 0 bridgehead atoms. The van der Waals surface area contributed by atoms with Crippen LogP contribution in [0.3, 0.4) is 0 Å². The Morgan fingerprint density at radius 2 is 0.508 bits per heavy atom. The molecule has 6 nitrogen and oxygen atoms in total. The van der Waals surface area contributed by atoms with Crippen LogP contribution in [0.25, 0.3) is 119 Å². The van der Waals surface area contributed by atoms with Crippen molar-refractivity contribution < 1.29 is 0 Å². The van der Waals surface area contributed by atoms with Gasteiger partial charge in [-0.25, -0.2) is 0 Å². The summed E-state index contributed by atoms with van der Waals surface area (Å²) < 4.78 is 5.22. The molecule has 0 aliphatic carbocycles. The molecule has 18 aromatic carbocycles. The van der Waals surface area contributed by atoms with Crippen molar-refractivity contribution in [2.45, 2.75) is 106 Å². The highest BCUT2D eigenvalue weighted by Crippen LogP contribution is 2.57. The summed E-state index contributed by atoms with van der Waals surface area (Å²) in [4.78, 5) is 10.2. The predicted molar refractivity (Wildman–Crippen MR) is 524 cm³/mol. The number of benzene rings is 18. The topological polar surface area (TPSA) is 21.8 Å². The standard InChI is InChI=1S/C116H96N6/c1-70(2)79-45-55-88(56-46-79)117(89-57-47-80(48-58-89)71(3)4)113-93-31-19-15-25-83(93)66-103-107(113)97-35-23-36-98-108-104(121(103)111(97)98)67-84-26-16-20-32-94(84)114(108)118(90-59-49-81(50-60-90)72(5)6)91-61-51-82(52-62-91)77(11)65-78-43-53-92(54-44-78)120(102-64-74(8)40-42-76(102)10)116-96-34-22-18-28-86(96)69-106-110(116)100-38-24-37-99-109-105(122(106)112(99)100)68-85-27-17-21-33-95(85)115(109)119(87-29-13-12-14-30-87)101-63-73(7)39-41-75(101)9/h12-64,66-72,77H,65H2,1-11H3. The van der Waals surface area contributed by atoms with Gasteiger partial charge in [0.05, 0.1) is 55.8 Å². The average Bonchev–Trinajstić information content (AvgIpc) is 1.52. The van der Waals surface area contributed by atoms with Crippen molar-refractivity contribution in [2.75, 3.05) is 19.6 Å². The van der Waals surface area contributed by atoms with Gasteiger partial charge in [0.1, 0.15) is 0 Å². The first-order chi connectivity index (χ1) is 59.6. The number of hydrogen-bond donors (Lipinski definition) is 0. The highest BCUT2D eigenvalue weighted by atomic mass is 15.2. The van der Waals surface area contributed by atoms with Gasteiger partial charge in [-0.3, -0.25) is 0 Å². The molecule has 4 heterocycles. The lowest BCUT2D eigenvalue weighted by molar-refractivity contribution is 0.759. The molecule has 0 aliphatic heterocycles. The fraction of sp³-hybridized carbons (Fsp3) is 0.138. The van der Waals surface area contributed by atoms with Crippen LogP contribution in [0.15, 0.2) is 346 Å². The third kappa shape index (κ3) is 11.8. The number of para-hydroxylation sites is 3. The van der Waals surface area contributed by atoms with Gasteiger partial charge in [0, 0.05) is 110 Å². The fourth-order valence-corrected chi connectivity index (χ4v) is 20.4. The lowest BCUT2D eigenvalue weighted by atomic mass is 9.93. The molecular weight excluding hydrogens is 1480 g/mol. The molecule has 122 heavy (non-hydrogen) atoms. The number of fused-ring (bicyclic) bond motifs is 16. The molecule has 0 amide bonds. The van der Waals surface area contributed by atoms with E-state index in [1.54, 1.807) is 0 Å². The Bertz CT molecular complexity index is 7810. The van der Waals surface area contributed by atoms with Crippen LogP contribution < -0.4 is 19.6 Å². The van der Waals surface area contributed by atoms with E-state index in [4.69, 9.17) is 0 Å². The number of aryl methyl sites for hydroxylation is 4. The molecular formula is C116H96N6. The van der Waals surface area contributed by atoms with Crippen LogP contribution >= 0.6 is 0 Å². The van der Waals surface area contributed by atoms with Gasteiger partial charge < -0.3 is 28.4 Å². The van der Waals surface area contributed by atoms with E-state index >= 15 is 0 Å². The Labute approximate surface area is 713 Å². The minimum Gasteiger partial charge on any atom is -0.309 e. The normalized spacial score (nSPS) is 12.4. The van der Waals surface area contributed by atoms with Crippen molar-refractivity contribution in [3.63, 3.8) is 0 Å². The number of nitrogens with zero attached hydrogens (tertiary/aromatic N) is 6. The second-order valence-corrected chi connectivity index (χ2v) is 35.3. The van der Waals surface area contributed by atoms with Gasteiger partial charge in [0.15, 0.2) is 0 Å². The molecule has 22 aromatic rings. The van der Waals surface area contributed by atoms with Crippen LogP contribution in [0.2, 0.25) is 0 Å². The first-order valence-electron chi connectivity index (χ1n) is 43.6. The lowest BCUT2D eigenvalue weighted by Crippen LogP contribution is -2.13. The fourth-order valence-electron chi connectivity index (χ4n) is 20.4. The smallest absolute Gasteiger partial charge is 0.0640 e. The van der Waals surface area contributed by atoms with Crippen LogP contribution in [0, 0.1) is 27.7 Å². The van der Waals surface area contributed by atoms with Crippen LogP contribution in [-0.4, -0.2) is 8.80 Å². The molecule has 0 saturated carbocycles. The van der Waals surface area contributed by atoms with Crippen molar-refractivity contribution in [3.8, 4) is 0 Å². The maximum Gasteiger partial charge on any atom is 0.0640 e. The third-order valence-corrected chi connectivity index (χ3v) is 26.6. The van der Waals surface area contributed by atoms with Crippen LogP contribution in [-0.2, 0) is 6.42 Å². The van der Waals surface area contributed by atoms with E-state index in [0.29, 0.717) is 17.8 Å². The second kappa shape index (κ2) is 29.1. The van der Waals surface area contributed by atoms with Gasteiger partial charge in [-0.15, -0.1) is 0 Å². The van der Waals surface area contributed by atoms with Crippen LogP contribution in [0.4, 0.5) is 68.2 Å². The zero-order chi connectivity index (χ0) is 82.6. The molecule has 0 fully saturated rings. The largest absolute Gasteiger partial charge is 0.309 e. The molecule has 0 aliphatic rings. The SMILES string of the molecule is Cc1ccc(C)c(N(c2ccccc2)c2c3ccccc3cc3c2c2cccc4c5c(N(c6ccc(CC(C)c7ccc(N(c8ccc(C(C)C)cc8)c8c9ccccc9cc9c8c8cccc%10c%11c(N(c%12ccc(C(C)C)cc%12)c%12ccc(C(C)C)cc%12)c%12ccccc%12cc%11n9c%108)cc7)cc6)c6cc(C)ccc6C)c6ccccc6cc5n3c24)c1. The van der Waals surface area contributed by atoms with E-state index in [9.17, 15) is 0 Å². The Hall–Kier alpha value is -14.2. The van der Waals surface area contributed by atoms with E-state index in [-0.39, 0.29) is 5.92 Å².